The standard InChI is InChI=1S/C15H13NOS/c1-11-8-12(9-16)2-3-13(11)10-18-15-6-4-14(17)5-7-15/h2-8,17H,10H2,1H3. The minimum Gasteiger partial charge on any atom is -0.508 e. The third kappa shape index (κ3) is 3.06. The molecule has 0 fully saturated rings. The molecule has 0 saturated heterocycles. The summed E-state index contributed by atoms with van der Waals surface area (Å²) in [5.41, 5.74) is 3.07. The molecule has 0 heterocycles. The molecule has 0 amide bonds. The molecule has 0 radical (unpaired) electrons. The van der Waals surface area contributed by atoms with E-state index in [1.54, 1.807) is 23.9 Å². The van der Waals surface area contributed by atoms with Crippen LogP contribution in [0.1, 0.15) is 16.7 Å². The Balaban J connectivity index is 2.06. The van der Waals surface area contributed by atoms with Crippen LogP contribution in [-0.2, 0) is 5.75 Å². The van der Waals surface area contributed by atoms with Gasteiger partial charge in [0.15, 0.2) is 0 Å². The van der Waals surface area contributed by atoms with E-state index < -0.39 is 0 Å². The van der Waals surface area contributed by atoms with Crippen molar-refractivity contribution in [3.8, 4) is 11.8 Å². The van der Waals surface area contributed by atoms with Crippen molar-refractivity contribution < 1.29 is 5.11 Å². The van der Waals surface area contributed by atoms with Gasteiger partial charge < -0.3 is 5.11 Å². The molecule has 0 atom stereocenters. The molecule has 0 saturated carbocycles. The van der Waals surface area contributed by atoms with Crippen molar-refractivity contribution in [3.05, 3.63) is 59.2 Å². The molecule has 90 valence electrons. The molecule has 0 spiro atoms. The minimum atomic E-state index is 0.286. The van der Waals surface area contributed by atoms with E-state index in [9.17, 15) is 5.11 Å². The maximum absolute atomic E-state index is 9.20. The van der Waals surface area contributed by atoms with Crippen LogP contribution in [0.5, 0.6) is 5.75 Å². The molecule has 0 aliphatic heterocycles. The Morgan fingerprint density at radius 2 is 1.89 bits per heavy atom. The highest BCUT2D eigenvalue weighted by molar-refractivity contribution is 7.98. The van der Waals surface area contributed by atoms with Crippen LogP contribution in [0, 0.1) is 18.3 Å². The number of benzene rings is 2. The minimum absolute atomic E-state index is 0.286. The average Bonchev–Trinajstić information content (AvgIpc) is 2.39. The van der Waals surface area contributed by atoms with Gasteiger partial charge in [-0.3, -0.25) is 0 Å². The first-order valence-corrected chi connectivity index (χ1v) is 6.59. The summed E-state index contributed by atoms with van der Waals surface area (Å²) in [6.07, 6.45) is 0. The summed E-state index contributed by atoms with van der Waals surface area (Å²) in [4.78, 5) is 1.12. The number of nitriles is 1. The molecule has 0 aliphatic carbocycles. The number of aryl methyl sites for hydroxylation is 1. The van der Waals surface area contributed by atoms with Crippen LogP contribution in [0.3, 0.4) is 0 Å². The molecule has 0 aliphatic rings. The Bertz CT molecular complexity index is 584. The van der Waals surface area contributed by atoms with Crippen LogP contribution >= 0.6 is 11.8 Å². The van der Waals surface area contributed by atoms with Crippen LogP contribution in [0.2, 0.25) is 0 Å². The van der Waals surface area contributed by atoms with Gasteiger partial charge in [-0.25, -0.2) is 0 Å². The fraction of sp³-hybridized carbons (Fsp3) is 0.133. The lowest BCUT2D eigenvalue weighted by molar-refractivity contribution is 0.475. The van der Waals surface area contributed by atoms with Gasteiger partial charge in [0.1, 0.15) is 5.75 Å². The van der Waals surface area contributed by atoms with E-state index in [-0.39, 0.29) is 5.75 Å². The number of aromatic hydroxyl groups is 1. The molecular formula is C15H13NOS. The van der Waals surface area contributed by atoms with Crippen LogP contribution in [-0.4, -0.2) is 5.11 Å². The van der Waals surface area contributed by atoms with E-state index in [1.807, 2.05) is 37.3 Å². The Morgan fingerprint density at radius 3 is 2.50 bits per heavy atom. The summed E-state index contributed by atoms with van der Waals surface area (Å²) in [6, 6.07) is 15.1. The van der Waals surface area contributed by atoms with E-state index in [0.29, 0.717) is 5.56 Å². The molecule has 3 heteroatoms. The molecule has 2 aromatic carbocycles. The highest BCUT2D eigenvalue weighted by Crippen LogP contribution is 2.26. The van der Waals surface area contributed by atoms with E-state index in [0.717, 1.165) is 16.2 Å². The summed E-state index contributed by atoms with van der Waals surface area (Å²) in [6.45, 7) is 2.02. The third-order valence-corrected chi connectivity index (χ3v) is 3.76. The number of hydrogen-bond acceptors (Lipinski definition) is 3. The maximum atomic E-state index is 9.20. The first kappa shape index (κ1) is 12.5. The van der Waals surface area contributed by atoms with E-state index in [4.69, 9.17) is 5.26 Å². The summed E-state index contributed by atoms with van der Waals surface area (Å²) in [5.74, 6) is 1.15. The van der Waals surface area contributed by atoms with Gasteiger partial charge in [-0.05, 0) is 54.4 Å². The first-order chi connectivity index (χ1) is 8.69. The highest BCUT2D eigenvalue weighted by atomic mass is 32.2. The second-order valence-corrected chi connectivity index (χ2v) is 5.08. The average molecular weight is 255 g/mol. The third-order valence-electron chi connectivity index (χ3n) is 2.70. The van der Waals surface area contributed by atoms with Gasteiger partial charge in [0, 0.05) is 10.6 Å². The highest BCUT2D eigenvalue weighted by Gasteiger charge is 2.01. The lowest BCUT2D eigenvalue weighted by Gasteiger charge is -2.06. The van der Waals surface area contributed by atoms with Gasteiger partial charge in [0.05, 0.1) is 11.6 Å². The predicted octanol–water partition coefficient (Wildman–Crippen LogP) is 3.86. The second-order valence-electron chi connectivity index (χ2n) is 4.04. The Hall–Kier alpha value is -1.92. The Labute approximate surface area is 111 Å². The monoisotopic (exact) mass is 255 g/mol. The van der Waals surface area contributed by atoms with E-state index >= 15 is 0 Å². The summed E-state index contributed by atoms with van der Waals surface area (Å²) in [7, 11) is 0. The number of nitrogens with zero attached hydrogens (tertiary/aromatic N) is 1. The molecule has 18 heavy (non-hydrogen) atoms. The summed E-state index contributed by atoms with van der Waals surface area (Å²) < 4.78 is 0. The topological polar surface area (TPSA) is 44.0 Å². The van der Waals surface area contributed by atoms with Crippen LogP contribution in [0.4, 0.5) is 0 Å². The van der Waals surface area contributed by atoms with Crippen molar-refractivity contribution in [2.45, 2.75) is 17.6 Å². The van der Waals surface area contributed by atoms with Crippen molar-refractivity contribution in [2.24, 2.45) is 0 Å². The number of hydrogen-bond donors (Lipinski definition) is 1. The van der Waals surface area contributed by atoms with Gasteiger partial charge in [-0.1, -0.05) is 6.07 Å². The largest absolute Gasteiger partial charge is 0.508 e. The summed E-state index contributed by atoms with van der Waals surface area (Å²) >= 11 is 1.72. The molecule has 1 N–H and O–H groups in total. The van der Waals surface area contributed by atoms with E-state index in [1.165, 1.54) is 5.56 Å². The van der Waals surface area contributed by atoms with E-state index in [2.05, 4.69) is 6.07 Å². The van der Waals surface area contributed by atoms with Crippen LogP contribution in [0.15, 0.2) is 47.4 Å². The van der Waals surface area contributed by atoms with Crippen molar-refractivity contribution in [1.29, 1.82) is 5.26 Å². The lowest BCUT2D eigenvalue weighted by Crippen LogP contribution is -1.87. The molecule has 2 nitrogen and oxygen atoms in total. The van der Waals surface area contributed by atoms with Crippen LogP contribution in [0.25, 0.3) is 0 Å². The predicted molar refractivity (Wildman–Crippen MR) is 73.6 cm³/mol. The first-order valence-electron chi connectivity index (χ1n) is 5.60. The molecule has 0 unspecified atom stereocenters. The maximum Gasteiger partial charge on any atom is 0.115 e. The fourth-order valence-electron chi connectivity index (χ4n) is 1.63. The van der Waals surface area contributed by atoms with Gasteiger partial charge in [0.2, 0.25) is 0 Å². The van der Waals surface area contributed by atoms with Gasteiger partial charge in [0.25, 0.3) is 0 Å². The van der Waals surface area contributed by atoms with Crippen molar-refractivity contribution >= 4 is 11.8 Å². The van der Waals surface area contributed by atoms with Crippen LogP contribution < -0.4 is 0 Å². The zero-order valence-electron chi connectivity index (χ0n) is 10.1. The van der Waals surface area contributed by atoms with Gasteiger partial charge >= 0.3 is 0 Å². The smallest absolute Gasteiger partial charge is 0.115 e. The number of phenols is 1. The number of rotatable bonds is 3. The number of phenolic OH excluding ortho intramolecular Hbond substituents is 1. The van der Waals surface area contributed by atoms with Gasteiger partial charge in [-0.15, -0.1) is 11.8 Å². The summed E-state index contributed by atoms with van der Waals surface area (Å²) in [5, 5.41) is 18.0. The molecular weight excluding hydrogens is 242 g/mol. The normalized spacial score (nSPS) is 10.0. The molecule has 0 aromatic heterocycles. The molecule has 2 aromatic rings. The number of thioether (sulfide) groups is 1. The molecule has 0 bridgehead atoms. The fourth-order valence-corrected chi connectivity index (χ4v) is 2.61. The van der Waals surface area contributed by atoms with Crippen molar-refractivity contribution in [3.63, 3.8) is 0 Å². The quantitative estimate of drug-likeness (QED) is 0.847. The SMILES string of the molecule is Cc1cc(C#N)ccc1CSc1ccc(O)cc1. The van der Waals surface area contributed by atoms with Crippen molar-refractivity contribution in [1.82, 2.24) is 0 Å². The zero-order chi connectivity index (χ0) is 13.0. The lowest BCUT2D eigenvalue weighted by atomic mass is 10.1. The second kappa shape index (κ2) is 5.61. The Morgan fingerprint density at radius 1 is 1.17 bits per heavy atom. The molecule has 2 rings (SSSR count). The Kier molecular flexibility index (Phi) is 3.91. The van der Waals surface area contributed by atoms with Crippen molar-refractivity contribution in [2.75, 3.05) is 0 Å². The van der Waals surface area contributed by atoms with Gasteiger partial charge in [-0.2, -0.15) is 5.26 Å². The zero-order valence-corrected chi connectivity index (χ0v) is 10.9.